The van der Waals surface area contributed by atoms with Crippen LogP contribution in [0.4, 0.5) is 0 Å². The summed E-state index contributed by atoms with van der Waals surface area (Å²) >= 11 is 0. The molecule has 7 nitrogen and oxygen atoms in total. The summed E-state index contributed by atoms with van der Waals surface area (Å²) < 4.78 is 37.3. The van der Waals surface area contributed by atoms with Gasteiger partial charge in [0.05, 0.1) is 19.3 Å². The average molecular weight is 268 g/mol. The Bertz CT molecular complexity index is 335. The van der Waals surface area contributed by atoms with Gasteiger partial charge in [0.15, 0.2) is 0 Å². The molecule has 100 valence electrons. The molecular formula is C9H17O7P. The Hall–Kier alpha value is -0.0100. The van der Waals surface area contributed by atoms with Crippen molar-refractivity contribution in [1.29, 1.82) is 0 Å². The van der Waals surface area contributed by atoms with Crippen molar-refractivity contribution in [1.82, 2.24) is 0 Å². The lowest BCUT2D eigenvalue weighted by Gasteiger charge is -2.29. The lowest BCUT2D eigenvalue weighted by Crippen LogP contribution is -2.45. The van der Waals surface area contributed by atoms with E-state index >= 15 is 0 Å². The van der Waals surface area contributed by atoms with E-state index in [9.17, 15) is 9.46 Å². The summed E-state index contributed by atoms with van der Waals surface area (Å²) in [5.74, 6) is 0. The molecule has 0 aromatic heterocycles. The van der Waals surface area contributed by atoms with Crippen molar-refractivity contribution in [3.05, 3.63) is 0 Å². The fourth-order valence-corrected chi connectivity index (χ4v) is 3.06. The first kappa shape index (κ1) is 13.4. The van der Waals surface area contributed by atoms with Crippen LogP contribution in [0.1, 0.15) is 6.92 Å². The van der Waals surface area contributed by atoms with E-state index in [4.69, 9.17) is 18.7 Å². The molecule has 3 unspecified atom stereocenters. The number of hydrogen-bond donors (Lipinski definition) is 1. The van der Waals surface area contributed by atoms with Crippen LogP contribution in [0.3, 0.4) is 0 Å². The second kappa shape index (κ2) is 4.59. The Morgan fingerprint density at radius 2 is 2.24 bits per heavy atom. The summed E-state index contributed by atoms with van der Waals surface area (Å²) in [7, 11) is -1.42. The summed E-state index contributed by atoms with van der Waals surface area (Å²) in [6.07, 6.45) is -1.24. The Balaban J connectivity index is 2.18. The molecule has 0 aromatic carbocycles. The molecule has 0 amide bonds. The van der Waals surface area contributed by atoms with Crippen LogP contribution in [0.2, 0.25) is 0 Å². The lowest BCUT2D eigenvalue weighted by atomic mass is 10.00. The van der Waals surface area contributed by atoms with E-state index in [2.05, 4.69) is 4.52 Å². The zero-order valence-corrected chi connectivity index (χ0v) is 10.9. The highest BCUT2D eigenvalue weighted by molar-refractivity contribution is 7.47. The maximum Gasteiger partial charge on any atom is 0.472 e. The van der Waals surface area contributed by atoms with Gasteiger partial charge in [0.1, 0.15) is 17.8 Å². The molecule has 5 atom stereocenters. The Morgan fingerprint density at radius 3 is 2.76 bits per heavy atom. The third kappa shape index (κ3) is 2.29. The van der Waals surface area contributed by atoms with Gasteiger partial charge in [0, 0.05) is 14.2 Å². The smallest absolute Gasteiger partial charge is 0.381 e. The maximum atomic E-state index is 11.5. The highest BCUT2D eigenvalue weighted by Crippen LogP contribution is 2.51. The van der Waals surface area contributed by atoms with E-state index in [0.717, 1.165) is 7.11 Å². The molecule has 2 heterocycles. The van der Waals surface area contributed by atoms with Crippen LogP contribution in [0, 0.1) is 0 Å². The van der Waals surface area contributed by atoms with E-state index in [1.54, 1.807) is 0 Å². The van der Waals surface area contributed by atoms with Crippen LogP contribution in [-0.2, 0) is 27.8 Å². The molecule has 0 aliphatic carbocycles. The van der Waals surface area contributed by atoms with E-state index < -0.39 is 19.5 Å². The third-order valence-electron chi connectivity index (χ3n) is 3.09. The second-order valence-corrected chi connectivity index (χ2v) is 5.79. The normalized spacial score (nSPS) is 43.9. The van der Waals surface area contributed by atoms with E-state index in [1.165, 1.54) is 7.11 Å². The van der Waals surface area contributed by atoms with Gasteiger partial charge >= 0.3 is 7.82 Å². The molecule has 2 aliphatic heterocycles. The van der Waals surface area contributed by atoms with Crippen LogP contribution in [-0.4, -0.2) is 56.2 Å². The topological polar surface area (TPSA) is 83.5 Å². The van der Waals surface area contributed by atoms with Crippen molar-refractivity contribution >= 4 is 7.82 Å². The van der Waals surface area contributed by atoms with Crippen molar-refractivity contribution in [3.63, 3.8) is 0 Å². The van der Waals surface area contributed by atoms with Crippen molar-refractivity contribution < 1.29 is 32.7 Å². The van der Waals surface area contributed by atoms with Gasteiger partial charge in [-0.2, -0.15) is 0 Å². The number of rotatable bonds is 5. The fraction of sp³-hybridized carbons (Fsp3) is 1.00. The monoisotopic (exact) mass is 268 g/mol. The predicted molar refractivity (Wildman–Crippen MR) is 56.6 cm³/mol. The second-order valence-electron chi connectivity index (χ2n) is 4.27. The summed E-state index contributed by atoms with van der Waals surface area (Å²) in [4.78, 5) is 9.38. The first-order valence-electron chi connectivity index (χ1n) is 5.29. The largest absolute Gasteiger partial charge is 0.472 e. The predicted octanol–water partition coefficient (Wildman–Crippen LogP) is 0.321. The minimum atomic E-state index is -4.07. The number of methoxy groups -OCH3 is 1. The SMILES string of the molecule is COCC12CO[C@H](C(C)O1)[C@H]2OP(=O)(O)OC. The minimum absolute atomic E-state index is 0.208. The van der Waals surface area contributed by atoms with E-state index in [-0.39, 0.29) is 25.4 Å². The standard InChI is InChI=1S/C9H17O7P/c1-6-7-8(16-17(10,11)13-3)9(15-6,4-12-2)5-14-7/h6-8H,4-5H2,1-3H3,(H,10,11)/t6?,7-,8-,9?/m1/s1. The highest BCUT2D eigenvalue weighted by Gasteiger charge is 2.62. The number of phosphoric ester groups is 1. The zero-order valence-electron chi connectivity index (χ0n) is 9.99. The van der Waals surface area contributed by atoms with Crippen LogP contribution in [0.5, 0.6) is 0 Å². The molecule has 17 heavy (non-hydrogen) atoms. The van der Waals surface area contributed by atoms with Gasteiger partial charge in [0.2, 0.25) is 0 Å². The maximum absolute atomic E-state index is 11.5. The molecular weight excluding hydrogens is 251 g/mol. The molecule has 0 saturated carbocycles. The molecule has 0 aromatic rings. The van der Waals surface area contributed by atoms with Crippen LogP contribution >= 0.6 is 7.82 Å². The van der Waals surface area contributed by atoms with Crippen molar-refractivity contribution in [2.45, 2.75) is 30.8 Å². The molecule has 2 bridgehead atoms. The molecule has 2 aliphatic rings. The van der Waals surface area contributed by atoms with Gasteiger partial charge in [-0.05, 0) is 6.92 Å². The summed E-state index contributed by atoms with van der Waals surface area (Å²) in [5, 5.41) is 0. The number of phosphoric acid groups is 1. The van der Waals surface area contributed by atoms with Gasteiger partial charge < -0.3 is 19.1 Å². The Kier molecular flexibility index (Phi) is 3.62. The average Bonchev–Trinajstić information content (AvgIpc) is 2.69. The summed E-state index contributed by atoms with van der Waals surface area (Å²) in [6, 6.07) is 0. The Morgan fingerprint density at radius 1 is 1.53 bits per heavy atom. The molecule has 2 rings (SSSR count). The highest BCUT2D eigenvalue weighted by atomic mass is 31.2. The van der Waals surface area contributed by atoms with Gasteiger partial charge in [-0.15, -0.1) is 0 Å². The molecule has 2 fully saturated rings. The Labute approximate surface area is 99.6 Å². The van der Waals surface area contributed by atoms with Crippen molar-refractivity contribution in [3.8, 4) is 0 Å². The fourth-order valence-electron chi connectivity index (χ4n) is 2.37. The van der Waals surface area contributed by atoms with E-state index in [0.29, 0.717) is 0 Å². The van der Waals surface area contributed by atoms with Gasteiger partial charge in [-0.1, -0.05) is 0 Å². The van der Waals surface area contributed by atoms with Crippen LogP contribution in [0.25, 0.3) is 0 Å². The first-order valence-corrected chi connectivity index (χ1v) is 6.79. The van der Waals surface area contributed by atoms with Gasteiger partial charge in [-0.25, -0.2) is 4.57 Å². The quantitative estimate of drug-likeness (QED) is 0.719. The van der Waals surface area contributed by atoms with E-state index in [1.807, 2.05) is 6.92 Å². The van der Waals surface area contributed by atoms with Crippen LogP contribution in [0.15, 0.2) is 0 Å². The van der Waals surface area contributed by atoms with Crippen LogP contribution < -0.4 is 0 Å². The molecule has 8 heteroatoms. The first-order chi connectivity index (χ1) is 7.94. The minimum Gasteiger partial charge on any atom is -0.381 e. The number of hydrogen-bond acceptors (Lipinski definition) is 6. The third-order valence-corrected chi connectivity index (χ3v) is 4.04. The van der Waals surface area contributed by atoms with Crippen molar-refractivity contribution in [2.75, 3.05) is 27.4 Å². The number of ether oxygens (including phenoxy) is 3. The van der Waals surface area contributed by atoms with Gasteiger partial charge in [0.25, 0.3) is 0 Å². The molecule has 2 saturated heterocycles. The molecule has 0 radical (unpaired) electrons. The van der Waals surface area contributed by atoms with Gasteiger partial charge in [-0.3, -0.25) is 9.05 Å². The molecule has 0 spiro atoms. The summed E-state index contributed by atoms with van der Waals surface area (Å²) in [5.41, 5.74) is -0.824. The number of fused-ring (bicyclic) bond motifs is 2. The molecule has 1 N–H and O–H groups in total. The lowest BCUT2D eigenvalue weighted by molar-refractivity contribution is -0.159. The zero-order chi connectivity index (χ0) is 12.7. The van der Waals surface area contributed by atoms with Crippen molar-refractivity contribution in [2.24, 2.45) is 0 Å². The summed E-state index contributed by atoms with van der Waals surface area (Å²) in [6.45, 7) is 2.35.